The summed E-state index contributed by atoms with van der Waals surface area (Å²) in [4.78, 5) is 60.6. The third-order valence-electron chi connectivity index (χ3n) is 12.6. The van der Waals surface area contributed by atoms with Crippen molar-refractivity contribution in [3.8, 4) is 23.4 Å². The number of nitrogens with zero attached hydrogens (tertiary/aromatic N) is 13. The first-order valence-electron chi connectivity index (χ1n) is 23.7. The maximum absolute atomic E-state index is 13.0. The average Bonchev–Trinajstić information content (AvgIpc) is 4.21. The number of likely N-dealkylation sites (N-methyl/N-ethyl adjacent to an activating group) is 1. The minimum atomic E-state index is -0.305. The van der Waals surface area contributed by atoms with Crippen LogP contribution in [0.15, 0.2) is 91.4 Å². The summed E-state index contributed by atoms with van der Waals surface area (Å²) < 4.78 is 15.5. The Labute approximate surface area is 410 Å². The zero-order chi connectivity index (χ0) is 48.4. The van der Waals surface area contributed by atoms with Gasteiger partial charge >= 0.3 is 6.03 Å². The fourth-order valence-corrected chi connectivity index (χ4v) is 9.87. The molecule has 21 heteroatoms. The van der Waals surface area contributed by atoms with Crippen molar-refractivity contribution in [1.29, 1.82) is 0 Å². The van der Waals surface area contributed by atoms with E-state index in [1.165, 1.54) is 22.0 Å². The number of rotatable bonds is 14. The van der Waals surface area contributed by atoms with E-state index >= 15 is 0 Å². The van der Waals surface area contributed by atoms with Gasteiger partial charge < -0.3 is 35.6 Å². The van der Waals surface area contributed by atoms with Crippen LogP contribution in [-0.4, -0.2) is 155 Å². The van der Waals surface area contributed by atoms with Crippen molar-refractivity contribution in [1.82, 2.24) is 74.5 Å². The fraction of sp³-hybridized carbons (Fsp3) is 0.408. The Morgan fingerprint density at radius 1 is 0.886 bits per heavy atom. The van der Waals surface area contributed by atoms with E-state index in [-0.39, 0.29) is 37.4 Å². The van der Waals surface area contributed by atoms with Gasteiger partial charge in [-0.15, -0.1) is 11.3 Å². The van der Waals surface area contributed by atoms with E-state index in [1.54, 1.807) is 45.6 Å². The molecule has 0 radical (unpaired) electrons. The van der Waals surface area contributed by atoms with Gasteiger partial charge in [-0.2, -0.15) is 9.78 Å². The molecular weight excluding hydrogens is 909 g/mol. The molecule has 3 amide bonds. The number of benzene rings is 2. The highest BCUT2D eigenvalue weighted by molar-refractivity contribution is 7.17. The summed E-state index contributed by atoms with van der Waals surface area (Å²) in [7, 11) is 2.17. The van der Waals surface area contributed by atoms with E-state index in [2.05, 4.69) is 87.1 Å². The third kappa shape index (κ3) is 12.3. The Kier molecular flexibility index (Phi) is 15.6. The first-order chi connectivity index (χ1) is 34.1. The summed E-state index contributed by atoms with van der Waals surface area (Å²) in [5, 5.41) is 14.1. The van der Waals surface area contributed by atoms with Crippen LogP contribution in [0.3, 0.4) is 0 Å². The van der Waals surface area contributed by atoms with Crippen LogP contribution in [0.4, 0.5) is 4.79 Å². The fourth-order valence-electron chi connectivity index (χ4n) is 9.10. The standard InChI is InChI=1S/C27H35N9OS.C22H25N7O3/c1-20-13-23(32-27(31-20)36-19-29-18-30-36)24-16-34(17-26(28)37)8-3-4-9-35(24)11-10-33(2)15-21-5-6-25-22(14-21)7-12-38-25;1-15-10-17(27-21(26-15)28-8-6-24-13-28)18-12-23-7-9-29(18)22(30)25-5-4-16-2-3-19-20(11-16)32-14-31-19/h5-7,12-14,18-19,24H,3-4,8-11,15-17H2,1-2H3,(H2,28,37);2-3,6,8,10-11,13,18,23H,4-5,7,9,12,14H2,1H3,(H,25,30). The molecule has 3 aliphatic heterocycles. The molecule has 3 aliphatic rings. The molecule has 2 unspecified atom stereocenters. The lowest BCUT2D eigenvalue weighted by Gasteiger charge is -2.38. The van der Waals surface area contributed by atoms with Crippen LogP contribution in [-0.2, 0) is 17.8 Å². The number of nitrogens with one attached hydrogen (secondary N) is 2. The molecule has 10 rings (SSSR count). The topological polar surface area (TPSA) is 216 Å². The number of ether oxygens (including phenoxy) is 2. The normalized spacial score (nSPS) is 17.5. The van der Waals surface area contributed by atoms with Gasteiger partial charge in [0.15, 0.2) is 11.5 Å². The number of aromatic nitrogens is 9. The molecule has 2 saturated heterocycles. The van der Waals surface area contributed by atoms with Gasteiger partial charge in [-0.3, -0.25) is 19.2 Å². The quantitative estimate of drug-likeness (QED) is 0.139. The third-order valence-corrected chi connectivity index (χ3v) is 13.5. The van der Waals surface area contributed by atoms with Crippen LogP contribution < -0.4 is 25.8 Å². The smallest absolute Gasteiger partial charge is 0.318 e. The summed E-state index contributed by atoms with van der Waals surface area (Å²) in [6.07, 6.45) is 11.0. The maximum atomic E-state index is 13.0. The van der Waals surface area contributed by atoms with E-state index in [0.29, 0.717) is 44.5 Å². The van der Waals surface area contributed by atoms with E-state index < -0.39 is 0 Å². The van der Waals surface area contributed by atoms with E-state index in [4.69, 9.17) is 25.2 Å². The lowest BCUT2D eigenvalue weighted by Crippen LogP contribution is -2.52. The molecule has 5 aromatic heterocycles. The summed E-state index contributed by atoms with van der Waals surface area (Å²) in [5.41, 5.74) is 11.4. The molecule has 4 N–H and O–H groups in total. The second kappa shape index (κ2) is 22.7. The Hall–Kier alpha value is -6.91. The van der Waals surface area contributed by atoms with Crippen LogP contribution in [0, 0.1) is 13.8 Å². The van der Waals surface area contributed by atoms with Crippen molar-refractivity contribution < 1.29 is 19.1 Å². The lowest BCUT2D eigenvalue weighted by atomic mass is 10.1. The molecule has 0 aliphatic carbocycles. The number of carbonyl (C=O) groups is 2. The number of hydrogen-bond donors (Lipinski definition) is 3. The predicted molar refractivity (Wildman–Crippen MR) is 265 cm³/mol. The summed E-state index contributed by atoms with van der Waals surface area (Å²) in [6, 6.07) is 18.5. The maximum Gasteiger partial charge on any atom is 0.318 e. The molecule has 0 bridgehead atoms. The summed E-state index contributed by atoms with van der Waals surface area (Å²) in [6.45, 7) is 12.1. The molecule has 7 aromatic rings. The van der Waals surface area contributed by atoms with Crippen LogP contribution in [0.5, 0.6) is 11.5 Å². The molecule has 8 heterocycles. The average molecular weight is 969 g/mol. The predicted octanol–water partition coefficient (Wildman–Crippen LogP) is 4.23. The number of urea groups is 1. The zero-order valence-corrected chi connectivity index (χ0v) is 40.7. The number of aryl methyl sites for hydroxylation is 2. The first-order valence-corrected chi connectivity index (χ1v) is 24.6. The number of thiophene rings is 1. The second-order valence-electron chi connectivity index (χ2n) is 17.9. The molecule has 2 aromatic carbocycles. The van der Waals surface area contributed by atoms with Crippen molar-refractivity contribution in [2.45, 2.75) is 51.7 Å². The molecule has 2 atom stereocenters. The first kappa shape index (κ1) is 48.1. The highest BCUT2D eigenvalue weighted by Gasteiger charge is 2.31. The largest absolute Gasteiger partial charge is 0.454 e. The second-order valence-corrected chi connectivity index (χ2v) is 18.8. The van der Waals surface area contributed by atoms with Crippen molar-refractivity contribution in [2.24, 2.45) is 5.73 Å². The van der Waals surface area contributed by atoms with Crippen LogP contribution in [0.2, 0.25) is 0 Å². The molecule has 0 spiro atoms. The molecule has 366 valence electrons. The van der Waals surface area contributed by atoms with Crippen LogP contribution >= 0.6 is 11.3 Å². The van der Waals surface area contributed by atoms with E-state index in [1.807, 2.05) is 49.1 Å². The Bertz CT molecular complexity index is 2840. The van der Waals surface area contributed by atoms with Gasteiger partial charge in [-0.1, -0.05) is 12.1 Å². The monoisotopic (exact) mass is 968 g/mol. The number of piperazine rings is 1. The van der Waals surface area contributed by atoms with Crippen molar-refractivity contribution in [3.63, 3.8) is 0 Å². The van der Waals surface area contributed by atoms with Gasteiger partial charge in [-0.05, 0) is 118 Å². The Morgan fingerprint density at radius 2 is 1.69 bits per heavy atom. The molecule has 2 fully saturated rings. The number of fused-ring (bicyclic) bond motifs is 2. The number of nitrogens with two attached hydrogens (primary N) is 1. The molecule has 0 saturated carbocycles. The van der Waals surface area contributed by atoms with Gasteiger partial charge in [-0.25, -0.2) is 34.7 Å². The Balaban J connectivity index is 0.000000176. The number of carbonyl (C=O) groups excluding carboxylic acids is 2. The highest BCUT2D eigenvalue weighted by Crippen LogP contribution is 2.33. The van der Waals surface area contributed by atoms with Gasteiger partial charge in [0, 0.05) is 80.8 Å². The zero-order valence-electron chi connectivity index (χ0n) is 39.9. The Morgan fingerprint density at radius 3 is 2.50 bits per heavy atom. The molecular formula is C49H60N16O4S. The van der Waals surface area contributed by atoms with Crippen molar-refractivity contribution in [2.75, 3.05) is 79.3 Å². The highest BCUT2D eigenvalue weighted by atomic mass is 32.1. The number of primary amides is 1. The lowest BCUT2D eigenvalue weighted by molar-refractivity contribution is -0.119. The van der Waals surface area contributed by atoms with Crippen molar-refractivity contribution in [3.05, 3.63) is 125 Å². The number of hydrogen-bond acceptors (Lipinski definition) is 16. The van der Waals surface area contributed by atoms with Gasteiger partial charge in [0.25, 0.3) is 5.95 Å². The van der Waals surface area contributed by atoms with Gasteiger partial charge in [0.05, 0.1) is 30.0 Å². The van der Waals surface area contributed by atoms with Gasteiger partial charge in [0.2, 0.25) is 18.6 Å². The van der Waals surface area contributed by atoms with Gasteiger partial charge in [0.1, 0.15) is 19.0 Å². The molecule has 70 heavy (non-hydrogen) atoms. The molecule has 20 nitrogen and oxygen atoms in total. The van der Waals surface area contributed by atoms with E-state index in [9.17, 15) is 9.59 Å². The van der Waals surface area contributed by atoms with Crippen LogP contribution in [0.1, 0.15) is 58.8 Å². The van der Waals surface area contributed by atoms with Crippen LogP contribution in [0.25, 0.3) is 22.0 Å². The SMILES string of the molecule is Cc1cc(C2CN(CC(N)=O)CCCCN2CCN(C)Cc2ccc3sccc3c2)nc(-n2cncn2)n1.Cc1cc(C2CNCCN2C(=O)NCCc2ccc3c(c2)OCO3)nc(-n2ccnc2)n1. The van der Waals surface area contributed by atoms with E-state index in [0.717, 1.165) is 91.9 Å². The minimum absolute atomic E-state index is 0.00539. The number of amides is 3. The number of imidazole rings is 1. The summed E-state index contributed by atoms with van der Waals surface area (Å²) >= 11 is 1.78. The summed E-state index contributed by atoms with van der Waals surface area (Å²) in [5.74, 6) is 2.26. The minimum Gasteiger partial charge on any atom is -0.454 e. The van der Waals surface area contributed by atoms with Crippen molar-refractivity contribution >= 4 is 33.4 Å².